The van der Waals surface area contributed by atoms with Crippen LogP contribution < -0.4 is 0 Å². The average molecular weight is 325 g/mol. The van der Waals surface area contributed by atoms with E-state index in [4.69, 9.17) is 0 Å². The summed E-state index contributed by atoms with van der Waals surface area (Å²) in [6, 6.07) is 9.49. The number of para-hydroxylation sites is 1. The van der Waals surface area contributed by atoms with Crippen LogP contribution in [-0.2, 0) is 4.79 Å². The molecule has 2 heterocycles. The van der Waals surface area contributed by atoms with Gasteiger partial charge in [-0.1, -0.05) is 39.0 Å². The summed E-state index contributed by atoms with van der Waals surface area (Å²) in [4.78, 5) is 33.3. The fourth-order valence-electron chi connectivity index (χ4n) is 3.03. The highest BCUT2D eigenvalue weighted by molar-refractivity contribution is 6.05. The molecule has 5 heteroatoms. The van der Waals surface area contributed by atoms with Crippen LogP contribution in [0.15, 0.2) is 36.5 Å². The minimum atomic E-state index is -0.383. The molecular formula is C19H23N3O2. The molecule has 0 aliphatic carbocycles. The van der Waals surface area contributed by atoms with E-state index in [9.17, 15) is 9.59 Å². The Kier molecular flexibility index (Phi) is 4.26. The molecule has 0 unspecified atom stereocenters. The predicted molar refractivity (Wildman–Crippen MR) is 93.7 cm³/mol. The number of hydrogen-bond acceptors (Lipinski definition) is 3. The molecule has 0 N–H and O–H groups in total. The van der Waals surface area contributed by atoms with Gasteiger partial charge in [-0.05, 0) is 12.1 Å². The molecular weight excluding hydrogens is 302 g/mol. The van der Waals surface area contributed by atoms with Gasteiger partial charge in [0.1, 0.15) is 0 Å². The second-order valence-corrected chi connectivity index (χ2v) is 7.22. The van der Waals surface area contributed by atoms with Crippen LogP contribution in [0.3, 0.4) is 0 Å². The zero-order valence-electron chi connectivity index (χ0n) is 14.5. The zero-order chi connectivity index (χ0) is 17.3. The highest BCUT2D eigenvalue weighted by Crippen LogP contribution is 2.21. The molecule has 24 heavy (non-hydrogen) atoms. The van der Waals surface area contributed by atoms with Crippen molar-refractivity contribution in [2.75, 3.05) is 26.2 Å². The molecule has 126 valence electrons. The van der Waals surface area contributed by atoms with Crippen molar-refractivity contribution in [3.63, 3.8) is 0 Å². The summed E-state index contributed by atoms with van der Waals surface area (Å²) < 4.78 is 0. The highest BCUT2D eigenvalue weighted by Gasteiger charge is 2.31. The van der Waals surface area contributed by atoms with Crippen molar-refractivity contribution < 1.29 is 9.59 Å². The number of piperazine rings is 1. The normalized spacial score (nSPS) is 15.6. The van der Waals surface area contributed by atoms with E-state index in [-0.39, 0.29) is 17.2 Å². The van der Waals surface area contributed by atoms with E-state index >= 15 is 0 Å². The Morgan fingerprint density at radius 2 is 1.58 bits per heavy atom. The molecule has 0 saturated carbocycles. The van der Waals surface area contributed by atoms with Crippen LogP contribution in [0.2, 0.25) is 0 Å². The Labute approximate surface area is 142 Å². The minimum Gasteiger partial charge on any atom is -0.339 e. The van der Waals surface area contributed by atoms with Gasteiger partial charge in [0.15, 0.2) is 0 Å². The number of carbonyl (C=O) groups excluding carboxylic acids is 2. The van der Waals surface area contributed by atoms with E-state index < -0.39 is 0 Å². The predicted octanol–water partition coefficient (Wildman–Crippen LogP) is 2.57. The Balaban J connectivity index is 1.75. The molecule has 0 bridgehead atoms. The van der Waals surface area contributed by atoms with Gasteiger partial charge in [-0.3, -0.25) is 14.6 Å². The van der Waals surface area contributed by atoms with Crippen LogP contribution in [-0.4, -0.2) is 52.8 Å². The summed E-state index contributed by atoms with van der Waals surface area (Å²) in [6.07, 6.45) is 1.71. The highest BCUT2D eigenvalue weighted by atomic mass is 16.2. The SMILES string of the molecule is CC(C)(C)C(=O)N1CCN(C(=O)c2cccc3cccnc23)CC1. The van der Waals surface area contributed by atoms with E-state index in [0.29, 0.717) is 31.7 Å². The fraction of sp³-hybridized carbons (Fsp3) is 0.421. The smallest absolute Gasteiger partial charge is 0.256 e. The van der Waals surface area contributed by atoms with E-state index in [1.54, 1.807) is 6.20 Å². The van der Waals surface area contributed by atoms with Gasteiger partial charge < -0.3 is 9.80 Å². The number of hydrogen-bond donors (Lipinski definition) is 0. The van der Waals surface area contributed by atoms with Gasteiger partial charge in [-0.15, -0.1) is 0 Å². The summed E-state index contributed by atoms with van der Waals surface area (Å²) >= 11 is 0. The number of aromatic nitrogens is 1. The van der Waals surface area contributed by atoms with Crippen molar-refractivity contribution in [1.82, 2.24) is 14.8 Å². The quantitative estimate of drug-likeness (QED) is 0.810. The molecule has 1 aliphatic heterocycles. The Morgan fingerprint density at radius 3 is 2.25 bits per heavy atom. The fourth-order valence-corrected chi connectivity index (χ4v) is 3.03. The molecule has 1 aromatic heterocycles. The summed E-state index contributed by atoms with van der Waals surface area (Å²) in [7, 11) is 0. The van der Waals surface area contributed by atoms with Crippen molar-refractivity contribution in [3.05, 3.63) is 42.1 Å². The van der Waals surface area contributed by atoms with Gasteiger partial charge in [0.2, 0.25) is 5.91 Å². The number of carbonyl (C=O) groups is 2. The molecule has 1 saturated heterocycles. The third-order valence-electron chi connectivity index (χ3n) is 4.36. The van der Waals surface area contributed by atoms with Gasteiger partial charge in [-0.25, -0.2) is 0 Å². The summed E-state index contributed by atoms with van der Waals surface area (Å²) in [5.74, 6) is 0.128. The second-order valence-electron chi connectivity index (χ2n) is 7.22. The van der Waals surface area contributed by atoms with Gasteiger partial charge in [-0.2, -0.15) is 0 Å². The van der Waals surface area contributed by atoms with Crippen molar-refractivity contribution >= 4 is 22.7 Å². The largest absolute Gasteiger partial charge is 0.339 e. The van der Waals surface area contributed by atoms with Crippen LogP contribution >= 0.6 is 0 Å². The first-order chi connectivity index (χ1) is 11.4. The maximum atomic E-state index is 12.9. The first kappa shape index (κ1) is 16.4. The van der Waals surface area contributed by atoms with Gasteiger partial charge in [0, 0.05) is 43.2 Å². The van der Waals surface area contributed by atoms with Crippen LogP contribution in [0.5, 0.6) is 0 Å². The first-order valence-corrected chi connectivity index (χ1v) is 8.30. The molecule has 1 aliphatic rings. The van der Waals surface area contributed by atoms with Crippen molar-refractivity contribution in [2.45, 2.75) is 20.8 Å². The Bertz CT molecular complexity index is 766. The maximum absolute atomic E-state index is 12.9. The number of pyridine rings is 1. The van der Waals surface area contributed by atoms with Crippen LogP contribution in [0, 0.1) is 5.41 Å². The molecule has 2 aromatic rings. The topological polar surface area (TPSA) is 53.5 Å². The van der Waals surface area contributed by atoms with E-state index in [1.165, 1.54) is 0 Å². The van der Waals surface area contributed by atoms with Crippen LogP contribution in [0.4, 0.5) is 0 Å². The van der Waals surface area contributed by atoms with E-state index in [1.807, 2.05) is 60.9 Å². The zero-order valence-corrected chi connectivity index (χ0v) is 14.5. The number of rotatable bonds is 1. The summed E-state index contributed by atoms with van der Waals surface area (Å²) in [5, 5.41) is 0.963. The van der Waals surface area contributed by atoms with Crippen molar-refractivity contribution in [2.24, 2.45) is 5.41 Å². The van der Waals surface area contributed by atoms with E-state index in [2.05, 4.69) is 4.98 Å². The lowest BCUT2D eigenvalue weighted by Crippen LogP contribution is -2.53. The average Bonchev–Trinajstić information content (AvgIpc) is 2.59. The van der Waals surface area contributed by atoms with Gasteiger partial charge in [0.25, 0.3) is 5.91 Å². The van der Waals surface area contributed by atoms with Crippen molar-refractivity contribution in [3.8, 4) is 0 Å². The monoisotopic (exact) mass is 325 g/mol. The lowest BCUT2D eigenvalue weighted by molar-refractivity contribution is -0.140. The number of amides is 2. The molecule has 5 nitrogen and oxygen atoms in total. The van der Waals surface area contributed by atoms with Crippen LogP contribution in [0.25, 0.3) is 10.9 Å². The molecule has 1 fully saturated rings. The summed E-state index contributed by atoms with van der Waals surface area (Å²) in [6.45, 7) is 8.06. The van der Waals surface area contributed by atoms with Gasteiger partial charge in [0.05, 0.1) is 11.1 Å². The Morgan fingerprint density at radius 1 is 0.958 bits per heavy atom. The van der Waals surface area contributed by atoms with Crippen molar-refractivity contribution in [1.29, 1.82) is 0 Å². The maximum Gasteiger partial charge on any atom is 0.256 e. The molecule has 2 amide bonds. The number of nitrogens with zero attached hydrogens (tertiary/aromatic N) is 3. The molecule has 0 atom stereocenters. The first-order valence-electron chi connectivity index (χ1n) is 8.30. The second kappa shape index (κ2) is 6.23. The number of benzene rings is 1. The lowest BCUT2D eigenvalue weighted by atomic mass is 9.94. The molecule has 0 radical (unpaired) electrons. The number of fused-ring (bicyclic) bond motifs is 1. The molecule has 1 aromatic carbocycles. The third kappa shape index (κ3) is 3.11. The van der Waals surface area contributed by atoms with Crippen LogP contribution in [0.1, 0.15) is 31.1 Å². The van der Waals surface area contributed by atoms with E-state index in [0.717, 1.165) is 10.9 Å². The third-order valence-corrected chi connectivity index (χ3v) is 4.36. The summed E-state index contributed by atoms with van der Waals surface area (Å²) in [5.41, 5.74) is 0.980. The molecule has 0 spiro atoms. The lowest BCUT2D eigenvalue weighted by Gasteiger charge is -2.37. The Hall–Kier alpha value is -2.43. The van der Waals surface area contributed by atoms with Gasteiger partial charge >= 0.3 is 0 Å². The standard InChI is InChI=1S/C19H23N3O2/c1-19(2,3)18(24)22-12-10-21(11-13-22)17(23)15-8-4-6-14-7-5-9-20-16(14)15/h4-9H,10-13H2,1-3H3. The minimum absolute atomic E-state index is 0.0119. The molecule has 3 rings (SSSR count).